The third-order valence-corrected chi connectivity index (χ3v) is 3.23. The largest absolute Gasteiger partial charge is 0.321 e. The van der Waals surface area contributed by atoms with Gasteiger partial charge in [-0.25, -0.2) is 4.98 Å². The lowest BCUT2D eigenvalue weighted by Gasteiger charge is -2.08. The van der Waals surface area contributed by atoms with E-state index in [0.717, 1.165) is 30.6 Å². The molecule has 1 aliphatic carbocycles. The van der Waals surface area contributed by atoms with Gasteiger partial charge in [0.15, 0.2) is 0 Å². The summed E-state index contributed by atoms with van der Waals surface area (Å²) >= 11 is 0. The summed E-state index contributed by atoms with van der Waals surface area (Å²) in [5.41, 5.74) is 9.49. The monoisotopic (exact) mass is 201 g/mol. The third kappa shape index (κ3) is 1.35. The minimum Gasteiger partial charge on any atom is -0.321 e. The number of hydrogen-bond donors (Lipinski definition) is 1. The normalized spacial score (nSPS) is 18.3. The second-order valence-corrected chi connectivity index (χ2v) is 4.43. The molecule has 0 atom stereocenters. The van der Waals surface area contributed by atoms with E-state index < -0.39 is 0 Å². The Morgan fingerprint density at radius 2 is 2.20 bits per heavy atom. The van der Waals surface area contributed by atoms with E-state index in [-0.39, 0.29) is 5.54 Å². The summed E-state index contributed by atoms with van der Waals surface area (Å²) in [5.74, 6) is 0. The molecular formula is C12H15N3. The lowest BCUT2D eigenvalue weighted by atomic mass is 10.1. The first kappa shape index (κ1) is 8.92. The lowest BCUT2D eigenvalue weighted by Crippen LogP contribution is -2.18. The molecule has 2 aromatic rings. The molecule has 1 fully saturated rings. The van der Waals surface area contributed by atoms with E-state index in [9.17, 15) is 0 Å². The van der Waals surface area contributed by atoms with Crippen LogP contribution in [0.1, 0.15) is 31.0 Å². The van der Waals surface area contributed by atoms with Crippen molar-refractivity contribution in [1.29, 1.82) is 0 Å². The van der Waals surface area contributed by atoms with Gasteiger partial charge in [0, 0.05) is 17.9 Å². The van der Waals surface area contributed by atoms with E-state index in [1.807, 2.05) is 0 Å². The van der Waals surface area contributed by atoms with Gasteiger partial charge in [0.1, 0.15) is 5.65 Å². The van der Waals surface area contributed by atoms with Crippen LogP contribution >= 0.6 is 0 Å². The first-order chi connectivity index (χ1) is 7.21. The van der Waals surface area contributed by atoms with Crippen molar-refractivity contribution in [2.24, 2.45) is 5.73 Å². The van der Waals surface area contributed by atoms with Crippen LogP contribution in [0.4, 0.5) is 0 Å². The summed E-state index contributed by atoms with van der Waals surface area (Å²) in [5, 5.41) is 0. The van der Waals surface area contributed by atoms with E-state index in [1.54, 1.807) is 0 Å². The Hall–Kier alpha value is -1.35. The summed E-state index contributed by atoms with van der Waals surface area (Å²) in [6.07, 6.45) is 7.39. The first-order valence-electron chi connectivity index (χ1n) is 5.48. The average Bonchev–Trinajstić information content (AvgIpc) is 2.86. The van der Waals surface area contributed by atoms with Gasteiger partial charge >= 0.3 is 0 Å². The minimum atomic E-state index is -0.0508. The Morgan fingerprint density at radius 3 is 2.87 bits per heavy atom. The fraction of sp³-hybridized carbons (Fsp3) is 0.417. The number of rotatable bonds is 2. The van der Waals surface area contributed by atoms with Crippen molar-refractivity contribution in [3.05, 3.63) is 35.8 Å². The standard InChI is InChI=1S/C12H15N3/c1-2-10-8-15-7-9(12(13)5-6-12)3-4-11(15)14-10/h3-4,7-8H,2,5-6,13H2,1H3. The Morgan fingerprint density at radius 1 is 1.40 bits per heavy atom. The molecule has 78 valence electrons. The number of pyridine rings is 1. The van der Waals surface area contributed by atoms with Crippen molar-refractivity contribution in [2.45, 2.75) is 31.7 Å². The molecule has 3 heteroatoms. The molecule has 2 aromatic heterocycles. The van der Waals surface area contributed by atoms with Crippen LogP contribution in [0.3, 0.4) is 0 Å². The molecule has 0 unspecified atom stereocenters. The molecule has 3 nitrogen and oxygen atoms in total. The fourth-order valence-corrected chi connectivity index (χ4v) is 1.93. The molecule has 1 aliphatic rings. The zero-order valence-electron chi connectivity index (χ0n) is 8.90. The highest BCUT2D eigenvalue weighted by Crippen LogP contribution is 2.42. The van der Waals surface area contributed by atoms with Gasteiger partial charge in [-0.1, -0.05) is 13.0 Å². The van der Waals surface area contributed by atoms with Gasteiger partial charge in [0.2, 0.25) is 0 Å². The van der Waals surface area contributed by atoms with Crippen LogP contribution in [0.2, 0.25) is 0 Å². The lowest BCUT2D eigenvalue weighted by molar-refractivity contribution is 0.733. The van der Waals surface area contributed by atoms with Gasteiger partial charge in [-0.2, -0.15) is 0 Å². The molecule has 3 rings (SSSR count). The highest BCUT2D eigenvalue weighted by atomic mass is 15.0. The number of fused-ring (bicyclic) bond motifs is 1. The Bertz CT molecular complexity index is 509. The maximum Gasteiger partial charge on any atom is 0.136 e. The SMILES string of the molecule is CCc1cn2cc(C3(N)CC3)ccc2n1. The molecular weight excluding hydrogens is 186 g/mol. The number of aryl methyl sites for hydroxylation is 1. The number of nitrogens with two attached hydrogens (primary N) is 1. The van der Waals surface area contributed by atoms with Gasteiger partial charge in [0.25, 0.3) is 0 Å². The zero-order chi connectivity index (χ0) is 10.5. The van der Waals surface area contributed by atoms with Gasteiger partial charge < -0.3 is 10.1 Å². The molecule has 0 amide bonds. The number of imidazole rings is 1. The summed E-state index contributed by atoms with van der Waals surface area (Å²) in [6, 6.07) is 4.16. The highest BCUT2D eigenvalue weighted by Gasteiger charge is 2.40. The molecule has 15 heavy (non-hydrogen) atoms. The predicted octanol–water partition coefficient (Wildman–Crippen LogP) is 1.84. The van der Waals surface area contributed by atoms with E-state index in [4.69, 9.17) is 5.73 Å². The van der Waals surface area contributed by atoms with E-state index in [2.05, 4.69) is 40.8 Å². The third-order valence-electron chi connectivity index (χ3n) is 3.23. The maximum atomic E-state index is 6.16. The topological polar surface area (TPSA) is 43.3 Å². The van der Waals surface area contributed by atoms with Crippen LogP contribution in [0.25, 0.3) is 5.65 Å². The van der Waals surface area contributed by atoms with Gasteiger partial charge in [-0.05, 0) is 30.9 Å². The Kier molecular flexibility index (Phi) is 1.68. The first-order valence-corrected chi connectivity index (χ1v) is 5.48. The second kappa shape index (κ2) is 2.83. The summed E-state index contributed by atoms with van der Waals surface area (Å²) in [4.78, 5) is 4.50. The fourth-order valence-electron chi connectivity index (χ4n) is 1.93. The summed E-state index contributed by atoms with van der Waals surface area (Å²) in [6.45, 7) is 2.12. The van der Waals surface area contributed by atoms with E-state index in [0.29, 0.717) is 0 Å². The van der Waals surface area contributed by atoms with Crippen LogP contribution in [0.5, 0.6) is 0 Å². The molecule has 0 bridgehead atoms. The number of hydrogen-bond acceptors (Lipinski definition) is 2. The number of aromatic nitrogens is 2. The maximum absolute atomic E-state index is 6.16. The molecule has 0 aliphatic heterocycles. The second-order valence-electron chi connectivity index (χ2n) is 4.43. The number of nitrogens with zero attached hydrogens (tertiary/aromatic N) is 2. The van der Waals surface area contributed by atoms with Crippen LogP contribution in [0.15, 0.2) is 24.5 Å². The average molecular weight is 201 g/mol. The van der Waals surface area contributed by atoms with Crippen LogP contribution in [-0.2, 0) is 12.0 Å². The molecule has 0 aromatic carbocycles. The van der Waals surface area contributed by atoms with Gasteiger partial charge in [0.05, 0.1) is 5.69 Å². The smallest absolute Gasteiger partial charge is 0.136 e. The van der Waals surface area contributed by atoms with Crippen molar-refractivity contribution < 1.29 is 0 Å². The summed E-state index contributed by atoms with van der Waals surface area (Å²) in [7, 11) is 0. The summed E-state index contributed by atoms with van der Waals surface area (Å²) < 4.78 is 2.08. The van der Waals surface area contributed by atoms with E-state index >= 15 is 0 Å². The molecule has 0 radical (unpaired) electrons. The molecule has 1 saturated carbocycles. The molecule has 0 saturated heterocycles. The van der Waals surface area contributed by atoms with Crippen molar-refractivity contribution in [3.8, 4) is 0 Å². The van der Waals surface area contributed by atoms with Crippen molar-refractivity contribution in [2.75, 3.05) is 0 Å². The molecule has 0 spiro atoms. The van der Waals surface area contributed by atoms with E-state index in [1.165, 1.54) is 5.56 Å². The molecule has 2 N–H and O–H groups in total. The minimum absolute atomic E-state index is 0.0508. The van der Waals surface area contributed by atoms with Crippen LogP contribution in [-0.4, -0.2) is 9.38 Å². The molecule has 2 heterocycles. The zero-order valence-corrected chi connectivity index (χ0v) is 8.90. The highest BCUT2D eigenvalue weighted by molar-refractivity contribution is 5.43. The predicted molar refractivity (Wildman–Crippen MR) is 59.7 cm³/mol. The quantitative estimate of drug-likeness (QED) is 0.805. The van der Waals surface area contributed by atoms with Crippen LogP contribution in [0, 0.1) is 0 Å². The van der Waals surface area contributed by atoms with Gasteiger partial charge in [-0.15, -0.1) is 0 Å². The Labute approximate surface area is 88.9 Å². The van der Waals surface area contributed by atoms with Crippen molar-refractivity contribution >= 4 is 5.65 Å². The van der Waals surface area contributed by atoms with Crippen molar-refractivity contribution in [3.63, 3.8) is 0 Å². The van der Waals surface area contributed by atoms with Gasteiger partial charge in [-0.3, -0.25) is 0 Å². The van der Waals surface area contributed by atoms with Crippen LogP contribution < -0.4 is 5.73 Å². The Balaban J connectivity index is 2.13. The van der Waals surface area contributed by atoms with Crippen molar-refractivity contribution in [1.82, 2.24) is 9.38 Å².